The van der Waals surface area contributed by atoms with Crippen LogP contribution in [0.5, 0.6) is 0 Å². The first-order valence-electron chi connectivity index (χ1n) is 5.60. The van der Waals surface area contributed by atoms with Crippen molar-refractivity contribution in [3.8, 4) is 6.07 Å². The van der Waals surface area contributed by atoms with E-state index in [-0.39, 0.29) is 10.8 Å². The average Bonchev–Trinajstić information content (AvgIpc) is 2.68. The minimum Gasteiger partial charge on any atom is -0.598 e. The summed E-state index contributed by atoms with van der Waals surface area (Å²) in [5.74, 6) is 1.35. The lowest BCUT2D eigenvalue weighted by Crippen LogP contribution is -2.45. The van der Waals surface area contributed by atoms with Crippen LogP contribution in [-0.4, -0.2) is 28.6 Å². The number of nitriles is 1. The van der Waals surface area contributed by atoms with Crippen molar-refractivity contribution in [2.75, 3.05) is 13.2 Å². The van der Waals surface area contributed by atoms with E-state index in [0.717, 1.165) is 13.2 Å². The van der Waals surface area contributed by atoms with Crippen molar-refractivity contribution < 1.29 is 9.29 Å². The Hall–Kier alpha value is -0.280. The van der Waals surface area contributed by atoms with Gasteiger partial charge in [-0.2, -0.15) is 5.26 Å². The maximum absolute atomic E-state index is 11.9. The van der Waals surface area contributed by atoms with Gasteiger partial charge in [0.05, 0.1) is 19.3 Å². The molecule has 2 fully saturated rings. The second-order valence-electron chi connectivity index (χ2n) is 5.55. The molecule has 2 rings (SSSR count). The van der Waals surface area contributed by atoms with E-state index in [1.54, 1.807) is 0 Å². The number of nitrogens with zero attached hydrogens (tertiary/aromatic N) is 1. The van der Waals surface area contributed by atoms with Crippen molar-refractivity contribution in [3.63, 3.8) is 0 Å². The standard InChI is InChI=1S/C11H18N2O2S/c1-11(2,3)16(14)13-9(4-12)10-7-5-15-6-8(7)10/h7-10,13H,5-6H2,1-3H3/t7-,8+,9?,10-,16?. The summed E-state index contributed by atoms with van der Waals surface area (Å²) in [4.78, 5) is 0. The van der Waals surface area contributed by atoms with Crippen LogP contribution in [0.15, 0.2) is 0 Å². The van der Waals surface area contributed by atoms with Crippen LogP contribution in [0.1, 0.15) is 20.8 Å². The lowest BCUT2D eigenvalue weighted by atomic mass is 10.1. The van der Waals surface area contributed by atoms with E-state index in [1.165, 1.54) is 0 Å². The maximum atomic E-state index is 11.9. The Morgan fingerprint density at radius 2 is 2.00 bits per heavy atom. The molecule has 16 heavy (non-hydrogen) atoms. The van der Waals surface area contributed by atoms with Crippen LogP contribution in [0.2, 0.25) is 0 Å². The largest absolute Gasteiger partial charge is 0.598 e. The summed E-state index contributed by atoms with van der Waals surface area (Å²) in [5, 5.41) is 9.12. The average molecular weight is 242 g/mol. The van der Waals surface area contributed by atoms with Crippen molar-refractivity contribution in [2.45, 2.75) is 31.6 Å². The van der Waals surface area contributed by atoms with Crippen molar-refractivity contribution in [1.82, 2.24) is 4.72 Å². The highest BCUT2D eigenvalue weighted by Crippen LogP contribution is 2.52. The number of hydrogen-bond donors (Lipinski definition) is 1. The second-order valence-corrected chi connectivity index (χ2v) is 7.55. The molecule has 0 bridgehead atoms. The predicted molar refractivity (Wildman–Crippen MR) is 61.7 cm³/mol. The van der Waals surface area contributed by atoms with Gasteiger partial charge in [0.1, 0.15) is 10.8 Å². The molecule has 2 unspecified atom stereocenters. The van der Waals surface area contributed by atoms with Gasteiger partial charge in [0.25, 0.3) is 0 Å². The Bertz CT molecular complexity index is 300. The summed E-state index contributed by atoms with van der Waals surface area (Å²) < 4.78 is 19.8. The van der Waals surface area contributed by atoms with E-state index in [0.29, 0.717) is 17.8 Å². The summed E-state index contributed by atoms with van der Waals surface area (Å²) in [6, 6.07) is 1.94. The molecule has 0 aromatic rings. The van der Waals surface area contributed by atoms with Gasteiger partial charge in [-0.15, -0.1) is 4.72 Å². The zero-order valence-corrected chi connectivity index (χ0v) is 10.7. The Kier molecular flexibility index (Phi) is 3.19. The Labute approximate surface area is 99.7 Å². The van der Waals surface area contributed by atoms with Gasteiger partial charge in [0.15, 0.2) is 0 Å². The first-order chi connectivity index (χ1) is 7.45. The lowest BCUT2D eigenvalue weighted by Gasteiger charge is -2.26. The fourth-order valence-electron chi connectivity index (χ4n) is 2.26. The van der Waals surface area contributed by atoms with E-state index >= 15 is 0 Å². The van der Waals surface area contributed by atoms with Crippen molar-refractivity contribution in [2.24, 2.45) is 17.8 Å². The molecule has 2 aliphatic rings. The molecular weight excluding hydrogens is 224 g/mol. The molecule has 5 heteroatoms. The Morgan fingerprint density at radius 3 is 2.44 bits per heavy atom. The third-order valence-corrected chi connectivity index (χ3v) is 4.91. The molecule has 1 aliphatic carbocycles. The molecule has 0 radical (unpaired) electrons. The summed E-state index contributed by atoms with van der Waals surface area (Å²) >= 11 is -1.17. The fourth-order valence-corrected chi connectivity index (χ4v) is 3.06. The van der Waals surface area contributed by atoms with E-state index in [4.69, 9.17) is 10.00 Å². The minimum atomic E-state index is -1.17. The summed E-state index contributed by atoms with van der Waals surface area (Å²) in [7, 11) is 0. The van der Waals surface area contributed by atoms with Crippen LogP contribution >= 0.6 is 0 Å². The normalized spacial score (nSPS) is 36.3. The number of hydrogen-bond acceptors (Lipinski definition) is 4. The van der Waals surface area contributed by atoms with Gasteiger partial charge in [0, 0.05) is 17.3 Å². The molecule has 1 saturated heterocycles. The third kappa shape index (κ3) is 2.21. The maximum Gasteiger partial charge on any atom is 0.142 e. The summed E-state index contributed by atoms with van der Waals surface area (Å²) in [5.41, 5.74) is 0. The zero-order chi connectivity index (χ0) is 11.9. The molecule has 1 saturated carbocycles. The van der Waals surface area contributed by atoms with Crippen LogP contribution in [0, 0.1) is 29.1 Å². The van der Waals surface area contributed by atoms with E-state index < -0.39 is 11.4 Å². The third-order valence-electron chi connectivity index (χ3n) is 3.33. The van der Waals surface area contributed by atoms with Gasteiger partial charge in [0.2, 0.25) is 0 Å². The van der Waals surface area contributed by atoms with Crippen molar-refractivity contribution >= 4 is 11.4 Å². The first-order valence-corrected chi connectivity index (χ1v) is 6.75. The number of fused-ring (bicyclic) bond motifs is 1. The van der Waals surface area contributed by atoms with Gasteiger partial charge < -0.3 is 9.29 Å². The van der Waals surface area contributed by atoms with E-state index in [1.807, 2.05) is 20.8 Å². The molecule has 90 valence electrons. The highest BCUT2D eigenvalue weighted by Gasteiger charge is 2.58. The summed E-state index contributed by atoms with van der Waals surface area (Å²) in [6.45, 7) is 7.23. The van der Waals surface area contributed by atoms with Gasteiger partial charge in [-0.3, -0.25) is 0 Å². The number of nitrogens with one attached hydrogen (secondary N) is 1. The number of ether oxygens (including phenoxy) is 1. The van der Waals surface area contributed by atoms with Gasteiger partial charge in [-0.1, -0.05) is 0 Å². The number of rotatable bonds is 3. The molecule has 4 nitrogen and oxygen atoms in total. The minimum absolute atomic E-state index is 0.293. The lowest BCUT2D eigenvalue weighted by molar-refractivity contribution is 0.148. The van der Waals surface area contributed by atoms with Gasteiger partial charge in [-0.05, 0) is 32.6 Å². The monoisotopic (exact) mass is 242 g/mol. The molecule has 0 spiro atoms. The fraction of sp³-hybridized carbons (Fsp3) is 0.909. The molecule has 1 N–H and O–H groups in total. The predicted octanol–water partition coefficient (Wildman–Crippen LogP) is 0.823. The second kappa shape index (κ2) is 4.19. The smallest absolute Gasteiger partial charge is 0.142 e. The molecule has 1 aliphatic heterocycles. The van der Waals surface area contributed by atoms with Crippen molar-refractivity contribution in [1.29, 1.82) is 5.26 Å². The molecule has 0 aromatic carbocycles. The Balaban J connectivity index is 1.91. The van der Waals surface area contributed by atoms with Crippen LogP contribution < -0.4 is 4.72 Å². The van der Waals surface area contributed by atoms with Gasteiger partial charge in [-0.25, -0.2) is 0 Å². The highest BCUT2D eigenvalue weighted by atomic mass is 32.2. The molecular formula is C11H18N2O2S. The van der Waals surface area contributed by atoms with Crippen LogP contribution in [-0.2, 0) is 16.1 Å². The van der Waals surface area contributed by atoms with E-state index in [9.17, 15) is 4.55 Å². The first kappa shape index (κ1) is 12.2. The van der Waals surface area contributed by atoms with Crippen molar-refractivity contribution in [3.05, 3.63) is 0 Å². The Morgan fingerprint density at radius 1 is 1.44 bits per heavy atom. The molecule has 1 heterocycles. The van der Waals surface area contributed by atoms with E-state index in [2.05, 4.69) is 10.8 Å². The molecule has 5 atom stereocenters. The highest BCUT2D eigenvalue weighted by molar-refractivity contribution is 7.90. The molecule has 0 aromatic heterocycles. The van der Waals surface area contributed by atoms with Gasteiger partial charge >= 0.3 is 0 Å². The molecule has 0 amide bonds. The van der Waals surface area contributed by atoms with Crippen LogP contribution in [0.3, 0.4) is 0 Å². The van der Waals surface area contributed by atoms with Crippen LogP contribution in [0.4, 0.5) is 0 Å². The topological polar surface area (TPSA) is 68.1 Å². The quantitative estimate of drug-likeness (QED) is 0.744. The SMILES string of the molecule is CC(C)(C)[S+]([O-])NC(C#N)[C@@H]1[C@@H]2COC[C@@H]21. The summed E-state index contributed by atoms with van der Waals surface area (Å²) in [6.07, 6.45) is 0. The zero-order valence-electron chi connectivity index (χ0n) is 9.90. The van der Waals surface area contributed by atoms with Crippen LogP contribution in [0.25, 0.3) is 0 Å².